The molecule has 1 unspecified atom stereocenters. The third-order valence-corrected chi connectivity index (χ3v) is 4.14. The lowest BCUT2D eigenvalue weighted by Gasteiger charge is -2.39. The molecule has 1 aliphatic heterocycles. The van der Waals surface area contributed by atoms with Gasteiger partial charge in [0.2, 0.25) is 0 Å². The molecule has 7 heteroatoms. The Bertz CT molecular complexity index is 531. The summed E-state index contributed by atoms with van der Waals surface area (Å²) >= 11 is 0. The standard InChI is InChI=1S/C15H21N3O3.ClH/c1-15(2)8-3-9-16-13(15)10-17-14(19)11-4-6-12(7-5-11)18(20)21;/h4-7,13,16H,3,8-10H2,1-2H3,(H,17,19);1H. The second-order valence-electron chi connectivity index (χ2n) is 6.11. The van der Waals surface area contributed by atoms with Gasteiger partial charge < -0.3 is 10.6 Å². The van der Waals surface area contributed by atoms with Crippen LogP contribution < -0.4 is 10.6 Å². The third-order valence-electron chi connectivity index (χ3n) is 4.14. The van der Waals surface area contributed by atoms with Crippen LogP contribution in [0.4, 0.5) is 5.69 Å². The van der Waals surface area contributed by atoms with Gasteiger partial charge in [0.05, 0.1) is 4.92 Å². The number of nitrogens with zero attached hydrogens (tertiary/aromatic N) is 1. The van der Waals surface area contributed by atoms with Crippen LogP contribution >= 0.6 is 12.4 Å². The highest BCUT2D eigenvalue weighted by molar-refractivity contribution is 5.94. The third kappa shape index (κ3) is 4.42. The first-order valence-corrected chi connectivity index (χ1v) is 7.16. The predicted molar refractivity (Wildman–Crippen MR) is 87.5 cm³/mol. The molecule has 1 heterocycles. The normalized spacial score (nSPS) is 19.8. The Hall–Kier alpha value is -1.66. The number of carbonyl (C=O) groups excluding carboxylic acids is 1. The first-order valence-electron chi connectivity index (χ1n) is 7.16. The molecule has 0 spiro atoms. The minimum absolute atomic E-state index is 0. The van der Waals surface area contributed by atoms with Gasteiger partial charge in [-0.2, -0.15) is 0 Å². The Morgan fingerprint density at radius 2 is 2.05 bits per heavy atom. The SMILES string of the molecule is CC1(C)CCCNC1CNC(=O)c1ccc([N+](=O)[O-])cc1.Cl. The second-order valence-corrected chi connectivity index (χ2v) is 6.11. The maximum Gasteiger partial charge on any atom is 0.269 e. The number of amides is 1. The molecule has 0 radical (unpaired) electrons. The number of carbonyl (C=O) groups is 1. The van der Waals surface area contributed by atoms with E-state index in [9.17, 15) is 14.9 Å². The van der Waals surface area contributed by atoms with E-state index in [1.54, 1.807) is 0 Å². The Kier molecular flexibility index (Phi) is 6.32. The van der Waals surface area contributed by atoms with Crippen LogP contribution in [0.3, 0.4) is 0 Å². The van der Waals surface area contributed by atoms with Crippen LogP contribution in [0.15, 0.2) is 24.3 Å². The predicted octanol–water partition coefficient (Wildman–Crippen LogP) is 2.52. The van der Waals surface area contributed by atoms with Crippen LogP contribution in [-0.4, -0.2) is 30.0 Å². The number of nitro benzene ring substituents is 1. The van der Waals surface area contributed by atoms with Crippen LogP contribution in [-0.2, 0) is 0 Å². The molecule has 1 atom stereocenters. The highest BCUT2D eigenvalue weighted by atomic mass is 35.5. The lowest BCUT2D eigenvalue weighted by atomic mass is 9.77. The molecule has 2 N–H and O–H groups in total. The van der Waals surface area contributed by atoms with Crippen molar-refractivity contribution in [1.29, 1.82) is 0 Å². The van der Waals surface area contributed by atoms with Crippen molar-refractivity contribution in [2.24, 2.45) is 5.41 Å². The van der Waals surface area contributed by atoms with Crippen molar-refractivity contribution in [2.75, 3.05) is 13.1 Å². The highest BCUT2D eigenvalue weighted by Gasteiger charge is 2.31. The van der Waals surface area contributed by atoms with Crippen molar-refractivity contribution >= 4 is 24.0 Å². The van der Waals surface area contributed by atoms with Gasteiger partial charge in [0, 0.05) is 30.3 Å². The zero-order valence-electron chi connectivity index (χ0n) is 12.8. The van der Waals surface area contributed by atoms with Crippen molar-refractivity contribution < 1.29 is 9.72 Å². The Labute approximate surface area is 136 Å². The van der Waals surface area contributed by atoms with Crippen LogP contribution in [0, 0.1) is 15.5 Å². The number of nitrogens with one attached hydrogen (secondary N) is 2. The molecule has 122 valence electrons. The molecule has 0 aliphatic carbocycles. The summed E-state index contributed by atoms with van der Waals surface area (Å²) in [7, 11) is 0. The number of halogens is 1. The number of non-ortho nitro benzene ring substituents is 1. The van der Waals surface area contributed by atoms with E-state index in [2.05, 4.69) is 24.5 Å². The van der Waals surface area contributed by atoms with E-state index in [-0.39, 0.29) is 35.5 Å². The van der Waals surface area contributed by atoms with Gasteiger partial charge in [-0.25, -0.2) is 0 Å². The molecule has 0 aromatic heterocycles. The number of hydrogen-bond donors (Lipinski definition) is 2. The molecule has 1 aromatic rings. The van der Waals surface area contributed by atoms with Gasteiger partial charge in [-0.15, -0.1) is 12.4 Å². The molecule has 22 heavy (non-hydrogen) atoms. The minimum Gasteiger partial charge on any atom is -0.350 e. The fourth-order valence-electron chi connectivity index (χ4n) is 2.65. The average molecular weight is 328 g/mol. The van der Waals surface area contributed by atoms with E-state index in [0.717, 1.165) is 19.4 Å². The fourth-order valence-corrected chi connectivity index (χ4v) is 2.65. The molecular formula is C15H22ClN3O3. The van der Waals surface area contributed by atoms with Crippen LogP contribution in [0.25, 0.3) is 0 Å². The molecule has 1 aliphatic rings. The molecule has 6 nitrogen and oxygen atoms in total. The van der Waals surface area contributed by atoms with Gasteiger partial charge in [-0.3, -0.25) is 14.9 Å². The Balaban J connectivity index is 0.00000242. The first-order chi connectivity index (χ1) is 9.90. The van der Waals surface area contributed by atoms with E-state index in [1.165, 1.54) is 24.3 Å². The molecule has 0 saturated carbocycles. The Morgan fingerprint density at radius 3 is 2.59 bits per heavy atom. The maximum atomic E-state index is 12.1. The summed E-state index contributed by atoms with van der Waals surface area (Å²) < 4.78 is 0. The Morgan fingerprint density at radius 1 is 1.41 bits per heavy atom. The smallest absolute Gasteiger partial charge is 0.269 e. The van der Waals surface area contributed by atoms with Gasteiger partial charge in [0.25, 0.3) is 11.6 Å². The minimum atomic E-state index is -0.476. The largest absolute Gasteiger partial charge is 0.350 e. The molecule has 1 amide bonds. The van der Waals surface area contributed by atoms with Crippen LogP contribution in [0.2, 0.25) is 0 Å². The van der Waals surface area contributed by atoms with Gasteiger partial charge in [-0.05, 0) is 36.9 Å². The van der Waals surface area contributed by atoms with Crippen molar-refractivity contribution in [3.05, 3.63) is 39.9 Å². The van der Waals surface area contributed by atoms with Crippen molar-refractivity contribution in [2.45, 2.75) is 32.7 Å². The monoisotopic (exact) mass is 327 g/mol. The summed E-state index contributed by atoms with van der Waals surface area (Å²) in [6.45, 7) is 5.92. The number of nitro groups is 1. The fraction of sp³-hybridized carbons (Fsp3) is 0.533. The first kappa shape index (κ1) is 18.4. The summed E-state index contributed by atoms with van der Waals surface area (Å²) in [5.74, 6) is -0.201. The number of hydrogen-bond acceptors (Lipinski definition) is 4. The lowest BCUT2D eigenvalue weighted by molar-refractivity contribution is -0.384. The van der Waals surface area contributed by atoms with E-state index >= 15 is 0 Å². The van der Waals surface area contributed by atoms with Crippen LogP contribution in [0.5, 0.6) is 0 Å². The molecular weight excluding hydrogens is 306 g/mol. The summed E-state index contributed by atoms with van der Waals surface area (Å²) in [5.41, 5.74) is 0.580. The van der Waals surface area contributed by atoms with E-state index in [0.29, 0.717) is 12.1 Å². The second kappa shape index (κ2) is 7.56. The summed E-state index contributed by atoms with van der Waals surface area (Å²) in [6, 6.07) is 5.89. The van der Waals surface area contributed by atoms with Gasteiger partial charge in [-0.1, -0.05) is 13.8 Å². The molecule has 0 bridgehead atoms. The van der Waals surface area contributed by atoms with E-state index in [4.69, 9.17) is 0 Å². The zero-order valence-corrected chi connectivity index (χ0v) is 13.6. The lowest BCUT2D eigenvalue weighted by Crippen LogP contribution is -2.52. The summed E-state index contributed by atoms with van der Waals surface area (Å²) in [5, 5.41) is 16.9. The quantitative estimate of drug-likeness (QED) is 0.657. The number of piperidine rings is 1. The van der Waals surface area contributed by atoms with Gasteiger partial charge in [0.15, 0.2) is 0 Å². The van der Waals surface area contributed by atoms with Gasteiger partial charge >= 0.3 is 0 Å². The van der Waals surface area contributed by atoms with Crippen molar-refractivity contribution in [3.8, 4) is 0 Å². The zero-order chi connectivity index (χ0) is 15.5. The summed E-state index contributed by atoms with van der Waals surface area (Å²) in [6.07, 6.45) is 2.29. The number of rotatable bonds is 4. The summed E-state index contributed by atoms with van der Waals surface area (Å²) in [4.78, 5) is 22.2. The van der Waals surface area contributed by atoms with Crippen molar-refractivity contribution in [3.63, 3.8) is 0 Å². The van der Waals surface area contributed by atoms with E-state index in [1.807, 2.05) is 0 Å². The molecule has 1 aromatic carbocycles. The topological polar surface area (TPSA) is 84.3 Å². The van der Waals surface area contributed by atoms with E-state index < -0.39 is 4.92 Å². The maximum absolute atomic E-state index is 12.1. The highest BCUT2D eigenvalue weighted by Crippen LogP contribution is 2.29. The number of benzene rings is 1. The molecule has 2 rings (SSSR count). The van der Waals surface area contributed by atoms with Crippen molar-refractivity contribution in [1.82, 2.24) is 10.6 Å². The van der Waals surface area contributed by atoms with Crippen LogP contribution in [0.1, 0.15) is 37.0 Å². The molecule has 1 saturated heterocycles. The molecule has 1 fully saturated rings. The average Bonchev–Trinajstić information content (AvgIpc) is 2.45. The van der Waals surface area contributed by atoms with Gasteiger partial charge in [0.1, 0.15) is 0 Å².